The van der Waals surface area contributed by atoms with E-state index < -0.39 is 10.0 Å². The third-order valence-electron chi connectivity index (χ3n) is 6.15. The van der Waals surface area contributed by atoms with Crippen LogP contribution in [0.3, 0.4) is 0 Å². The van der Waals surface area contributed by atoms with E-state index in [-0.39, 0.29) is 0 Å². The number of sulfonamides is 1. The largest absolute Gasteiger partial charge is 0.368 e. The first-order valence-electron chi connectivity index (χ1n) is 10.6. The number of nitrogens with one attached hydrogen (secondary N) is 1. The van der Waals surface area contributed by atoms with Crippen molar-refractivity contribution in [2.45, 2.75) is 4.90 Å². The first-order chi connectivity index (χ1) is 14.9. The van der Waals surface area contributed by atoms with Crippen molar-refractivity contribution in [2.75, 3.05) is 63.0 Å². The zero-order valence-electron chi connectivity index (χ0n) is 17.9. The Morgan fingerprint density at radius 1 is 1.03 bits per heavy atom. The van der Waals surface area contributed by atoms with Gasteiger partial charge in [-0.1, -0.05) is 18.2 Å². The molecule has 0 saturated carbocycles. The van der Waals surface area contributed by atoms with E-state index in [4.69, 9.17) is 0 Å². The van der Waals surface area contributed by atoms with Crippen molar-refractivity contribution in [3.63, 3.8) is 0 Å². The molecule has 31 heavy (non-hydrogen) atoms. The number of anilines is 2. The lowest BCUT2D eigenvalue weighted by Crippen LogP contribution is -2.48. The number of piperazine rings is 1. The van der Waals surface area contributed by atoms with E-state index in [9.17, 15) is 8.42 Å². The van der Waals surface area contributed by atoms with Gasteiger partial charge in [0.2, 0.25) is 0 Å². The Labute approximate surface area is 183 Å². The number of pyridine rings is 1. The molecule has 0 unspecified atom stereocenters. The molecule has 1 N–H and O–H groups in total. The Kier molecular flexibility index (Phi) is 5.08. The molecule has 1 aromatic heterocycles. The van der Waals surface area contributed by atoms with Gasteiger partial charge in [0.25, 0.3) is 10.0 Å². The predicted octanol–water partition coefficient (Wildman–Crippen LogP) is 2.70. The molecule has 1 saturated heterocycles. The molecule has 0 spiro atoms. The van der Waals surface area contributed by atoms with Gasteiger partial charge in [-0.15, -0.1) is 0 Å². The van der Waals surface area contributed by atoms with Gasteiger partial charge in [0.1, 0.15) is 0 Å². The highest BCUT2D eigenvalue weighted by atomic mass is 32.2. The predicted molar refractivity (Wildman–Crippen MR) is 125 cm³/mol. The first-order valence-corrected chi connectivity index (χ1v) is 12.1. The van der Waals surface area contributed by atoms with Crippen LogP contribution in [0.15, 0.2) is 53.6 Å². The molecular weight excluding hydrogens is 410 g/mol. The molecule has 0 amide bonds. The van der Waals surface area contributed by atoms with Gasteiger partial charge in [-0.3, -0.25) is 14.6 Å². The van der Waals surface area contributed by atoms with Gasteiger partial charge in [0.15, 0.2) is 0 Å². The summed E-state index contributed by atoms with van der Waals surface area (Å²) >= 11 is 0. The van der Waals surface area contributed by atoms with Crippen molar-refractivity contribution in [3.8, 4) is 11.1 Å². The van der Waals surface area contributed by atoms with Gasteiger partial charge in [-0.05, 0) is 38.4 Å². The lowest BCUT2D eigenvalue weighted by molar-refractivity contribution is 0.229. The molecule has 162 valence electrons. The Morgan fingerprint density at radius 3 is 2.58 bits per heavy atom. The smallest absolute Gasteiger partial charge is 0.262 e. The quantitative estimate of drug-likeness (QED) is 0.677. The maximum absolute atomic E-state index is 12.9. The highest BCUT2D eigenvalue weighted by molar-refractivity contribution is 7.93. The second kappa shape index (κ2) is 7.78. The van der Waals surface area contributed by atoms with Crippen molar-refractivity contribution < 1.29 is 8.42 Å². The average molecular weight is 438 g/mol. The molecule has 0 bridgehead atoms. The Bertz CT molecular complexity index is 1230. The summed E-state index contributed by atoms with van der Waals surface area (Å²) in [4.78, 5) is 12.0. The monoisotopic (exact) mass is 437 g/mol. The van der Waals surface area contributed by atoms with Crippen LogP contribution in [0.5, 0.6) is 0 Å². The van der Waals surface area contributed by atoms with Crippen molar-refractivity contribution in [3.05, 3.63) is 48.7 Å². The van der Waals surface area contributed by atoms with Crippen molar-refractivity contribution >= 4 is 32.3 Å². The average Bonchev–Trinajstić information content (AvgIpc) is 2.78. The van der Waals surface area contributed by atoms with Gasteiger partial charge in [0, 0.05) is 67.7 Å². The van der Waals surface area contributed by atoms with Crippen molar-refractivity contribution in [1.82, 2.24) is 14.8 Å². The number of benzene rings is 2. The molecule has 2 aromatic carbocycles. The maximum Gasteiger partial charge on any atom is 0.262 e. The summed E-state index contributed by atoms with van der Waals surface area (Å²) in [7, 11) is 0.592. The minimum absolute atomic E-state index is 0.317. The van der Waals surface area contributed by atoms with Crippen LogP contribution in [0.25, 0.3) is 22.0 Å². The highest BCUT2D eigenvalue weighted by Gasteiger charge is 2.31. The molecule has 0 atom stereocenters. The Balaban J connectivity index is 1.57. The zero-order valence-corrected chi connectivity index (χ0v) is 18.7. The van der Waals surface area contributed by atoms with Crippen LogP contribution in [0.1, 0.15) is 0 Å². The first kappa shape index (κ1) is 20.2. The van der Waals surface area contributed by atoms with E-state index >= 15 is 0 Å². The van der Waals surface area contributed by atoms with Gasteiger partial charge in [0.05, 0.1) is 16.1 Å². The van der Waals surface area contributed by atoms with Crippen LogP contribution in [-0.2, 0) is 10.0 Å². The van der Waals surface area contributed by atoms with Crippen LogP contribution < -0.4 is 9.62 Å². The highest BCUT2D eigenvalue weighted by Crippen LogP contribution is 2.45. The van der Waals surface area contributed by atoms with Gasteiger partial charge in [-0.25, -0.2) is 8.42 Å². The fourth-order valence-electron chi connectivity index (χ4n) is 4.47. The summed E-state index contributed by atoms with van der Waals surface area (Å²) in [5.41, 5.74) is 4.01. The standard InChI is InChI=1S/C23H27N5O2S/c1-26(2)10-11-27-12-14-28(15-13-27)20-16-19-17-6-3-4-8-21(17)31(29,30)25-23(19)22-18(20)7-5-9-24-22/h3-9,16,25H,10-15H2,1-2H3. The summed E-state index contributed by atoms with van der Waals surface area (Å²) in [5, 5.41) is 0.977. The number of fused-ring (bicyclic) bond motifs is 5. The summed E-state index contributed by atoms with van der Waals surface area (Å²) < 4.78 is 28.5. The number of aromatic nitrogens is 1. The molecule has 8 heteroatoms. The van der Waals surface area contributed by atoms with E-state index in [0.717, 1.165) is 61.5 Å². The van der Waals surface area contributed by atoms with Crippen LogP contribution in [0.2, 0.25) is 0 Å². The SMILES string of the molecule is CN(C)CCN1CCN(c2cc3c(c4ncccc24)NS(=O)(=O)c2ccccc2-3)CC1. The van der Waals surface area contributed by atoms with Crippen molar-refractivity contribution in [2.24, 2.45) is 0 Å². The van der Waals surface area contributed by atoms with E-state index in [1.165, 1.54) is 0 Å². The maximum atomic E-state index is 12.9. The van der Waals surface area contributed by atoms with Gasteiger partial charge < -0.3 is 9.80 Å². The normalized spacial score (nSPS) is 18.0. The second-order valence-corrected chi connectivity index (χ2v) is 10.1. The Morgan fingerprint density at radius 2 is 1.81 bits per heavy atom. The van der Waals surface area contributed by atoms with E-state index in [1.54, 1.807) is 18.3 Å². The van der Waals surface area contributed by atoms with Crippen LogP contribution in [0.4, 0.5) is 11.4 Å². The van der Waals surface area contributed by atoms with Gasteiger partial charge in [-0.2, -0.15) is 0 Å². The lowest BCUT2D eigenvalue weighted by atomic mass is 9.98. The fraction of sp³-hybridized carbons (Fsp3) is 0.348. The molecule has 3 heterocycles. The molecule has 2 aliphatic heterocycles. The van der Waals surface area contributed by atoms with Crippen LogP contribution >= 0.6 is 0 Å². The minimum Gasteiger partial charge on any atom is -0.368 e. The molecule has 0 aliphatic carbocycles. The molecule has 3 aromatic rings. The molecule has 5 rings (SSSR count). The molecule has 2 aliphatic rings. The summed E-state index contributed by atoms with van der Waals surface area (Å²) in [6.45, 7) is 6.02. The topological polar surface area (TPSA) is 68.8 Å². The van der Waals surface area contributed by atoms with Crippen LogP contribution in [-0.4, -0.2) is 76.6 Å². The summed E-state index contributed by atoms with van der Waals surface area (Å²) in [5.74, 6) is 0. The third kappa shape index (κ3) is 3.64. The molecule has 7 nitrogen and oxygen atoms in total. The lowest BCUT2D eigenvalue weighted by Gasteiger charge is -2.37. The van der Waals surface area contributed by atoms with E-state index in [2.05, 4.69) is 44.6 Å². The number of nitrogens with zero attached hydrogens (tertiary/aromatic N) is 4. The third-order valence-corrected chi connectivity index (χ3v) is 7.56. The molecule has 1 fully saturated rings. The molecule has 0 radical (unpaired) electrons. The number of hydrogen-bond donors (Lipinski definition) is 1. The van der Waals surface area contributed by atoms with E-state index in [0.29, 0.717) is 16.1 Å². The number of hydrogen-bond acceptors (Lipinski definition) is 6. The second-order valence-electron chi connectivity index (χ2n) is 8.45. The van der Waals surface area contributed by atoms with Crippen molar-refractivity contribution in [1.29, 1.82) is 0 Å². The zero-order chi connectivity index (χ0) is 21.6. The molecular formula is C23H27N5O2S. The van der Waals surface area contributed by atoms with E-state index in [1.807, 2.05) is 24.3 Å². The number of likely N-dealkylation sites (N-methyl/N-ethyl adjacent to an activating group) is 1. The fourth-order valence-corrected chi connectivity index (χ4v) is 5.78. The van der Waals surface area contributed by atoms with Crippen LogP contribution in [0, 0.1) is 0 Å². The van der Waals surface area contributed by atoms with Gasteiger partial charge >= 0.3 is 0 Å². The minimum atomic E-state index is -3.62. The summed E-state index contributed by atoms with van der Waals surface area (Å²) in [6, 6.07) is 13.3. The summed E-state index contributed by atoms with van der Waals surface area (Å²) in [6.07, 6.45) is 1.72. The Hall–Kier alpha value is -2.68. The number of rotatable bonds is 4.